The summed E-state index contributed by atoms with van der Waals surface area (Å²) in [4.78, 5) is 0. The number of likely N-dealkylation sites (N-methyl/N-ethyl adjacent to an activating group) is 1. The highest BCUT2D eigenvalue weighted by molar-refractivity contribution is 7.07. The molecular weight excluding hydrogens is 290 g/mol. The van der Waals surface area contributed by atoms with Crippen LogP contribution in [0, 0.1) is 5.82 Å². The van der Waals surface area contributed by atoms with Crippen LogP contribution in [0.4, 0.5) is 17.6 Å². The highest BCUT2D eigenvalue weighted by Crippen LogP contribution is 2.32. The van der Waals surface area contributed by atoms with E-state index in [1.807, 2.05) is 16.8 Å². The molecular formula is C14H13F4NS. The van der Waals surface area contributed by atoms with Gasteiger partial charge < -0.3 is 5.32 Å². The minimum atomic E-state index is -4.47. The molecule has 0 spiro atoms. The van der Waals surface area contributed by atoms with E-state index in [4.69, 9.17) is 0 Å². The van der Waals surface area contributed by atoms with Crippen LogP contribution in [-0.4, -0.2) is 7.05 Å². The molecule has 0 aliphatic heterocycles. The smallest absolute Gasteiger partial charge is 0.313 e. The SMILES string of the molecule is CNC(Cc1ccsc1)c1cc(C(F)(F)F)ccc1F. The van der Waals surface area contributed by atoms with Crippen LogP contribution in [0.25, 0.3) is 0 Å². The second-order valence-electron chi connectivity index (χ2n) is 4.41. The van der Waals surface area contributed by atoms with Crippen molar-refractivity contribution in [3.63, 3.8) is 0 Å². The number of hydrogen-bond acceptors (Lipinski definition) is 2. The molecule has 1 aromatic heterocycles. The first kappa shape index (κ1) is 15.0. The number of hydrogen-bond donors (Lipinski definition) is 1. The van der Waals surface area contributed by atoms with Gasteiger partial charge in [-0.1, -0.05) is 0 Å². The topological polar surface area (TPSA) is 12.0 Å². The van der Waals surface area contributed by atoms with Gasteiger partial charge in [0.25, 0.3) is 0 Å². The van der Waals surface area contributed by atoms with E-state index in [0.717, 1.165) is 23.8 Å². The van der Waals surface area contributed by atoms with Crippen molar-refractivity contribution in [1.82, 2.24) is 5.32 Å². The minimum absolute atomic E-state index is 0.0357. The molecule has 2 aromatic rings. The van der Waals surface area contributed by atoms with Gasteiger partial charge in [-0.05, 0) is 54.1 Å². The summed E-state index contributed by atoms with van der Waals surface area (Å²) in [5, 5.41) is 6.65. The van der Waals surface area contributed by atoms with Crippen molar-refractivity contribution < 1.29 is 17.6 Å². The molecule has 0 saturated carbocycles. The van der Waals surface area contributed by atoms with Gasteiger partial charge in [0.15, 0.2) is 0 Å². The van der Waals surface area contributed by atoms with Gasteiger partial charge >= 0.3 is 6.18 Å². The number of nitrogens with one attached hydrogen (secondary N) is 1. The first-order valence-corrected chi connectivity index (χ1v) is 6.91. The first-order valence-electron chi connectivity index (χ1n) is 5.97. The van der Waals surface area contributed by atoms with E-state index in [2.05, 4.69) is 5.32 Å². The number of benzene rings is 1. The van der Waals surface area contributed by atoms with Gasteiger partial charge in [-0.15, -0.1) is 0 Å². The molecule has 1 heterocycles. The molecule has 0 saturated heterocycles. The van der Waals surface area contributed by atoms with E-state index < -0.39 is 23.6 Å². The van der Waals surface area contributed by atoms with Gasteiger partial charge in [0.05, 0.1) is 5.56 Å². The van der Waals surface area contributed by atoms with Crippen LogP contribution in [0.2, 0.25) is 0 Å². The molecule has 1 unspecified atom stereocenters. The van der Waals surface area contributed by atoms with Gasteiger partial charge in [0, 0.05) is 11.6 Å². The summed E-state index contributed by atoms with van der Waals surface area (Å²) in [6.45, 7) is 0. The maximum Gasteiger partial charge on any atom is 0.416 e. The monoisotopic (exact) mass is 303 g/mol. The maximum atomic E-state index is 13.8. The van der Waals surface area contributed by atoms with E-state index in [-0.39, 0.29) is 5.56 Å². The van der Waals surface area contributed by atoms with Gasteiger partial charge in [0.1, 0.15) is 5.82 Å². The number of halogens is 4. The van der Waals surface area contributed by atoms with Crippen LogP contribution in [0.1, 0.15) is 22.7 Å². The molecule has 0 bridgehead atoms. The Morgan fingerprint density at radius 1 is 1.25 bits per heavy atom. The molecule has 6 heteroatoms. The fraction of sp³-hybridized carbons (Fsp3) is 0.286. The molecule has 0 radical (unpaired) electrons. The molecule has 1 nitrogen and oxygen atoms in total. The van der Waals surface area contributed by atoms with Crippen molar-refractivity contribution in [3.8, 4) is 0 Å². The van der Waals surface area contributed by atoms with Crippen LogP contribution < -0.4 is 5.32 Å². The van der Waals surface area contributed by atoms with Crippen molar-refractivity contribution in [2.75, 3.05) is 7.05 Å². The van der Waals surface area contributed by atoms with E-state index in [9.17, 15) is 17.6 Å². The summed E-state index contributed by atoms with van der Waals surface area (Å²) >= 11 is 1.50. The Labute approximate surface area is 118 Å². The molecule has 1 N–H and O–H groups in total. The molecule has 0 amide bonds. The second-order valence-corrected chi connectivity index (χ2v) is 5.19. The van der Waals surface area contributed by atoms with Crippen LogP contribution >= 0.6 is 11.3 Å². The lowest BCUT2D eigenvalue weighted by molar-refractivity contribution is -0.137. The molecule has 0 aliphatic rings. The second kappa shape index (κ2) is 5.93. The van der Waals surface area contributed by atoms with Gasteiger partial charge in [-0.3, -0.25) is 0 Å². The average Bonchev–Trinajstić information content (AvgIpc) is 2.88. The lowest BCUT2D eigenvalue weighted by Crippen LogP contribution is -2.21. The summed E-state index contributed by atoms with van der Waals surface area (Å²) in [6.07, 6.45) is -4.03. The third-order valence-corrected chi connectivity index (χ3v) is 3.80. The summed E-state index contributed by atoms with van der Waals surface area (Å²) < 4.78 is 51.9. The van der Waals surface area contributed by atoms with E-state index in [0.29, 0.717) is 6.42 Å². The van der Waals surface area contributed by atoms with Crippen LogP contribution in [0.3, 0.4) is 0 Å². The third-order valence-electron chi connectivity index (χ3n) is 3.07. The molecule has 1 atom stereocenters. The van der Waals surface area contributed by atoms with Crippen LogP contribution in [0.5, 0.6) is 0 Å². The quantitative estimate of drug-likeness (QED) is 0.825. The van der Waals surface area contributed by atoms with Crippen LogP contribution in [-0.2, 0) is 12.6 Å². The number of alkyl halides is 3. The zero-order valence-electron chi connectivity index (χ0n) is 10.7. The Morgan fingerprint density at radius 3 is 2.55 bits per heavy atom. The average molecular weight is 303 g/mol. The fourth-order valence-corrected chi connectivity index (χ4v) is 2.68. The largest absolute Gasteiger partial charge is 0.416 e. The van der Waals surface area contributed by atoms with Crippen molar-refractivity contribution in [3.05, 3.63) is 57.5 Å². The Morgan fingerprint density at radius 2 is 2.00 bits per heavy atom. The van der Waals surface area contributed by atoms with Crippen molar-refractivity contribution >= 4 is 11.3 Å². The molecule has 0 fully saturated rings. The zero-order valence-corrected chi connectivity index (χ0v) is 11.5. The standard InChI is InChI=1S/C14H13F4NS/c1-19-13(6-9-4-5-20-8-9)11-7-10(14(16,17)18)2-3-12(11)15/h2-5,7-8,13,19H,6H2,1H3. The highest BCUT2D eigenvalue weighted by atomic mass is 32.1. The third kappa shape index (κ3) is 3.37. The lowest BCUT2D eigenvalue weighted by Gasteiger charge is -2.18. The summed E-state index contributed by atoms with van der Waals surface area (Å²) in [5.41, 5.74) is 0.166. The Bertz CT molecular complexity index is 563. The van der Waals surface area contributed by atoms with E-state index in [1.54, 1.807) is 7.05 Å². The summed E-state index contributed by atoms with van der Waals surface area (Å²) in [6, 6.07) is 3.89. The minimum Gasteiger partial charge on any atom is -0.313 e. The Balaban J connectivity index is 2.33. The first-order chi connectivity index (χ1) is 9.41. The van der Waals surface area contributed by atoms with Gasteiger partial charge in [0.2, 0.25) is 0 Å². The van der Waals surface area contributed by atoms with Crippen molar-refractivity contribution in [2.24, 2.45) is 0 Å². The Hall–Kier alpha value is -1.40. The zero-order chi connectivity index (χ0) is 14.8. The van der Waals surface area contributed by atoms with E-state index in [1.165, 1.54) is 11.3 Å². The summed E-state index contributed by atoms with van der Waals surface area (Å²) in [5.74, 6) is -0.632. The van der Waals surface area contributed by atoms with Crippen molar-refractivity contribution in [2.45, 2.75) is 18.6 Å². The molecule has 0 aliphatic carbocycles. The predicted octanol–water partition coefficient (Wildman–Crippen LogP) is 4.41. The lowest BCUT2D eigenvalue weighted by atomic mass is 9.98. The van der Waals surface area contributed by atoms with Gasteiger partial charge in [-0.25, -0.2) is 4.39 Å². The molecule has 1 aromatic carbocycles. The molecule has 108 valence electrons. The van der Waals surface area contributed by atoms with Crippen LogP contribution in [0.15, 0.2) is 35.0 Å². The van der Waals surface area contributed by atoms with E-state index >= 15 is 0 Å². The highest BCUT2D eigenvalue weighted by Gasteiger charge is 2.31. The molecule has 2 rings (SSSR count). The fourth-order valence-electron chi connectivity index (χ4n) is 2.00. The maximum absolute atomic E-state index is 13.8. The predicted molar refractivity (Wildman–Crippen MR) is 71.2 cm³/mol. The normalized spacial score (nSPS) is 13.4. The van der Waals surface area contributed by atoms with Crippen molar-refractivity contribution in [1.29, 1.82) is 0 Å². The van der Waals surface area contributed by atoms with Gasteiger partial charge in [-0.2, -0.15) is 24.5 Å². The number of thiophene rings is 1. The molecule has 20 heavy (non-hydrogen) atoms. The summed E-state index contributed by atoms with van der Waals surface area (Å²) in [7, 11) is 1.61. The number of rotatable bonds is 4. The Kier molecular flexibility index (Phi) is 4.45.